The molecule has 1 heterocycles. The Kier molecular flexibility index (Phi) is 5.27. The minimum atomic E-state index is 0.616. The van der Waals surface area contributed by atoms with Gasteiger partial charge in [0, 0.05) is 26.6 Å². The Morgan fingerprint density at radius 3 is 2.95 bits per heavy atom. The molecule has 1 aromatic carbocycles. The maximum Gasteiger partial charge on any atom is 0.190 e. The molecular formula is C16H25N3O. The van der Waals surface area contributed by atoms with Crippen LogP contribution in [0, 0.1) is 5.92 Å². The van der Waals surface area contributed by atoms with E-state index in [2.05, 4.69) is 47.7 Å². The number of hydrogen-bond acceptors (Lipinski definition) is 2. The number of fused-ring (bicyclic) bond motifs is 1. The maximum atomic E-state index is 5.52. The Hall–Kier alpha value is -1.71. The lowest BCUT2D eigenvalue weighted by Crippen LogP contribution is -2.39. The van der Waals surface area contributed by atoms with Crippen molar-refractivity contribution in [2.75, 3.05) is 26.7 Å². The fourth-order valence-corrected chi connectivity index (χ4v) is 2.24. The van der Waals surface area contributed by atoms with Crippen molar-refractivity contribution in [3.8, 4) is 5.75 Å². The van der Waals surface area contributed by atoms with Crippen molar-refractivity contribution in [1.29, 1.82) is 0 Å². The van der Waals surface area contributed by atoms with Gasteiger partial charge < -0.3 is 15.4 Å². The molecule has 1 aliphatic rings. The molecule has 4 nitrogen and oxygen atoms in total. The molecule has 0 saturated carbocycles. The average Bonchev–Trinajstić information content (AvgIpc) is 2.89. The molecular weight excluding hydrogens is 250 g/mol. The quantitative estimate of drug-likeness (QED) is 0.638. The van der Waals surface area contributed by atoms with Crippen LogP contribution in [0.15, 0.2) is 23.2 Å². The lowest BCUT2D eigenvalue weighted by Gasteiger charge is -2.13. The number of hydrogen-bond donors (Lipinski definition) is 2. The monoisotopic (exact) mass is 275 g/mol. The topological polar surface area (TPSA) is 45.7 Å². The highest BCUT2D eigenvalue weighted by Gasteiger charge is 2.11. The van der Waals surface area contributed by atoms with E-state index < -0.39 is 0 Å². The minimum absolute atomic E-state index is 0.616. The van der Waals surface area contributed by atoms with Crippen LogP contribution in [-0.4, -0.2) is 32.7 Å². The second kappa shape index (κ2) is 7.17. The summed E-state index contributed by atoms with van der Waals surface area (Å²) in [5, 5.41) is 6.66. The molecule has 1 aromatic rings. The predicted molar refractivity (Wildman–Crippen MR) is 83.5 cm³/mol. The number of benzene rings is 1. The molecule has 110 valence electrons. The summed E-state index contributed by atoms with van der Waals surface area (Å²) in [5.41, 5.74) is 2.69. The standard InChI is InChI=1S/C16H25N3O/c1-12(2)11-19-16(17-3)18-8-6-13-4-5-15-14(10-13)7-9-20-15/h4-5,10,12H,6-9,11H2,1-3H3,(H2,17,18,19). The van der Waals surface area contributed by atoms with Gasteiger partial charge in [0.25, 0.3) is 0 Å². The molecule has 0 fully saturated rings. The average molecular weight is 275 g/mol. The number of rotatable bonds is 5. The molecule has 0 spiro atoms. The van der Waals surface area contributed by atoms with Gasteiger partial charge >= 0.3 is 0 Å². The van der Waals surface area contributed by atoms with Crippen LogP contribution < -0.4 is 15.4 Å². The van der Waals surface area contributed by atoms with Crippen molar-refractivity contribution in [3.63, 3.8) is 0 Å². The number of guanidine groups is 1. The normalized spacial score (nSPS) is 14.1. The smallest absolute Gasteiger partial charge is 0.190 e. The van der Waals surface area contributed by atoms with Crippen LogP contribution in [0.2, 0.25) is 0 Å². The highest BCUT2D eigenvalue weighted by molar-refractivity contribution is 5.79. The van der Waals surface area contributed by atoms with E-state index >= 15 is 0 Å². The second-order valence-corrected chi connectivity index (χ2v) is 5.56. The summed E-state index contributed by atoms with van der Waals surface area (Å²) in [7, 11) is 1.81. The van der Waals surface area contributed by atoms with E-state index in [1.807, 2.05) is 7.05 Å². The third-order valence-electron chi connectivity index (χ3n) is 3.36. The summed E-state index contributed by atoms with van der Waals surface area (Å²) in [4.78, 5) is 4.22. The molecule has 1 aliphatic heterocycles. The van der Waals surface area contributed by atoms with Crippen LogP contribution in [0.5, 0.6) is 5.75 Å². The van der Waals surface area contributed by atoms with Gasteiger partial charge in [0.2, 0.25) is 0 Å². The van der Waals surface area contributed by atoms with E-state index in [0.717, 1.165) is 44.2 Å². The van der Waals surface area contributed by atoms with E-state index in [1.165, 1.54) is 11.1 Å². The third kappa shape index (κ3) is 4.15. The molecule has 0 radical (unpaired) electrons. The summed E-state index contributed by atoms with van der Waals surface area (Å²) in [5.74, 6) is 2.55. The van der Waals surface area contributed by atoms with Crippen molar-refractivity contribution in [3.05, 3.63) is 29.3 Å². The molecule has 0 bridgehead atoms. The predicted octanol–water partition coefficient (Wildman–Crippen LogP) is 1.98. The van der Waals surface area contributed by atoms with E-state index in [4.69, 9.17) is 4.74 Å². The van der Waals surface area contributed by atoms with Crippen molar-refractivity contribution in [1.82, 2.24) is 10.6 Å². The van der Waals surface area contributed by atoms with Crippen LogP contribution >= 0.6 is 0 Å². The highest BCUT2D eigenvalue weighted by Crippen LogP contribution is 2.25. The summed E-state index contributed by atoms with van der Waals surface area (Å²) in [6.07, 6.45) is 2.03. The molecule has 2 rings (SSSR count). The lowest BCUT2D eigenvalue weighted by atomic mass is 10.1. The van der Waals surface area contributed by atoms with Crippen LogP contribution in [0.3, 0.4) is 0 Å². The number of nitrogens with one attached hydrogen (secondary N) is 2. The van der Waals surface area contributed by atoms with Gasteiger partial charge in [0.1, 0.15) is 5.75 Å². The maximum absolute atomic E-state index is 5.52. The molecule has 0 saturated heterocycles. The molecule has 0 amide bonds. The Bertz CT molecular complexity index is 469. The Morgan fingerprint density at radius 2 is 2.20 bits per heavy atom. The summed E-state index contributed by atoms with van der Waals surface area (Å²) >= 11 is 0. The van der Waals surface area contributed by atoms with Gasteiger partial charge in [-0.3, -0.25) is 4.99 Å². The van der Waals surface area contributed by atoms with Gasteiger partial charge in [0.15, 0.2) is 5.96 Å². The van der Waals surface area contributed by atoms with Gasteiger partial charge in [-0.1, -0.05) is 26.0 Å². The number of nitrogens with zero attached hydrogens (tertiary/aromatic N) is 1. The van der Waals surface area contributed by atoms with Crippen LogP contribution in [0.1, 0.15) is 25.0 Å². The fraction of sp³-hybridized carbons (Fsp3) is 0.562. The van der Waals surface area contributed by atoms with E-state index in [1.54, 1.807) is 0 Å². The fourth-order valence-electron chi connectivity index (χ4n) is 2.24. The molecule has 20 heavy (non-hydrogen) atoms. The van der Waals surface area contributed by atoms with Gasteiger partial charge in [-0.25, -0.2) is 0 Å². The van der Waals surface area contributed by atoms with Gasteiger partial charge in [-0.2, -0.15) is 0 Å². The first kappa shape index (κ1) is 14.7. The van der Waals surface area contributed by atoms with Crippen LogP contribution in [0.4, 0.5) is 0 Å². The zero-order valence-electron chi connectivity index (χ0n) is 12.7. The van der Waals surface area contributed by atoms with Crippen molar-refractivity contribution in [2.45, 2.75) is 26.7 Å². The Balaban J connectivity index is 1.77. The molecule has 2 N–H and O–H groups in total. The summed E-state index contributed by atoms with van der Waals surface area (Å²) in [6, 6.07) is 6.49. The van der Waals surface area contributed by atoms with Crippen molar-refractivity contribution >= 4 is 5.96 Å². The Morgan fingerprint density at radius 1 is 1.35 bits per heavy atom. The first-order chi connectivity index (χ1) is 9.69. The minimum Gasteiger partial charge on any atom is -0.493 e. The van der Waals surface area contributed by atoms with Crippen LogP contribution in [-0.2, 0) is 12.8 Å². The van der Waals surface area contributed by atoms with Gasteiger partial charge in [-0.15, -0.1) is 0 Å². The van der Waals surface area contributed by atoms with Crippen LogP contribution in [0.25, 0.3) is 0 Å². The summed E-state index contributed by atoms with van der Waals surface area (Å²) < 4.78 is 5.52. The lowest BCUT2D eigenvalue weighted by molar-refractivity contribution is 0.357. The van der Waals surface area contributed by atoms with E-state index in [9.17, 15) is 0 Å². The second-order valence-electron chi connectivity index (χ2n) is 5.56. The van der Waals surface area contributed by atoms with Gasteiger partial charge in [0.05, 0.1) is 6.61 Å². The first-order valence-electron chi connectivity index (χ1n) is 7.38. The Labute approximate surface area is 121 Å². The zero-order valence-corrected chi connectivity index (χ0v) is 12.7. The molecule has 0 unspecified atom stereocenters. The van der Waals surface area contributed by atoms with Crippen molar-refractivity contribution < 1.29 is 4.74 Å². The zero-order chi connectivity index (χ0) is 14.4. The molecule has 0 aliphatic carbocycles. The molecule has 0 atom stereocenters. The van der Waals surface area contributed by atoms with Crippen molar-refractivity contribution in [2.24, 2.45) is 10.9 Å². The third-order valence-corrected chi connectivity index (χ3v) is 3.36. The van der Waals surface area contributed by atoms with E-state index in [-0.39, 0.29) is 0 Å². The van der Waals surface area contributed by atoms with E-state index in [0.29, 0.717) is 5.92 Å². The first-order valence-corrected chi connectivity index (χ1v) is 7.38. The molecule has 4 heteroatoms. The number of ether oxygens (including phenoxy) is 1. The highest BCUT2D eigenvalue weighted by atomic mass is 16.5. The SMILES string of the molecule is CN=C(NCCc1ccc2c(c1)CCO2)NCC(C)C. The summed E-state index contributed by atoms with van der Waals surface area (Å²) in [6.45, 7) is 7.02. The van der Waals surface area contributed by atoms with Gasteiger partial charge in [-0.05, 0) is 29.5 Å². The molecule has 0 aromatic heterocycles. The largest absolute Gasteiger partial charge is 0.493 e. The number of aliphatic imine (C=N–C) groups is 1.